The number of amides is 1. The van der Waals surface area contributed by atoms with Crippen molar-refractivity contribution in [2.75, 3.05) is 19.9 Å². The molecule has 2 aliphatic heterocycles. The minimum atomic E-state index is -0.587. The van der Waals surface area contributed by atoms with Crippen molar-refractivity contribution in [2.45, 2.75) is 44.6 Å². The predicted octanol–water partition coefficient (Wildman–Crippen LogP) is 3.41. The van der Waals surface area contributed by atoms with Crippen LogP contribution in [0.15, 0.2) is 12.1 Å². The number of nitrogens with zero attached hydrogens (tertiary/aromatic N) is 1. The van der Waals surface area contributed by atoms with Gasteiger partial charge in [0.1, 0.15) is 0 Å². The van der Waals surface area contributed by atoms with Crippen molar-refractivity contribution >= 4 is 23.5 Å². The second-order valence-corrected chi connectivity index (χ2v) is 7.52. The molecule has 0 unspecified atom stereocenters. The van der Waals surface area contributed by atoms with Gasteiger partial charge >= 0.3 is 5.97 Å². The molecular formula is C19H22ClNO5. The Labute approximate surface area is 157 Å². The summed E-state index contributed by atoms with van der Waals surface area (Å²) in [7, 11) is 0. The van der Waals surface area contributed by atoms with E-state index in [9.17, 15) is 9.59 Å². The van der Waals surface area contributed by atoms with E-state index in [0.717, 1.165) is 19.4 Å². The number of carbonyl (C=O) groups excluding carboxylic acids is 2. The summed E-state index contributed by atoms with van der Waals surface area (Å²) in [4.78, 5) is 26.9. The zero-order valence-electron chi connectivity index (χ0n) is 14.5. The van der Waals surface area contributed by atoms with E-state index in [4.69, 9.17) is 25.8 Å². The van der Waals surface area contributed by atoms with Gasteiger partial charge in [-0.2, -0.15) is 0 Å². The fourth-order valence-corrected chi connectivity index (χ4v) is 4.58. The van der Waals surface area contributed by atoms with Gasteiger partial charge in [-0.15, -0.1) is 0 Å². The molecule has 140 valence electrons. The maximum absolute atomic E-state index is 12.6. The molecule has 2 fully saturated rings. The standard InChI is InChI=1S/C19H22ClNO5/c20-14-8-13(9-16-18(14)26-11-25-16)19(23)24-10-17(22)21-7-3-5-12-4-1-2-6-15(12)21/h8-9,12,15H,1-7,10-11H2/t12-,15-/m1/s1. The van der Waals surface area contributed by atoms with Crippen LogP contribution in [0.1, 0.15) is 48.9 Å². The van der Waals surface area contributed by atoms with Crippen molar-refractivity contribution in [1.82, 2.24) is 4.90 Å². The molecule has 2 atom stereocenters. The summed E-state index contributed by atoms with van der Waals surface area (Å²) in [5.74, 6) is 0.746. The Morgan fingerprint density at radius 2 is 1.96 bits per heavy atom. The maximum atomic E-state index is 12.6. The Morgan fingerprint density at radius 3 is 2.85 bits per heavy atom. The molecule has 1 saturated carbocycles. The molecule has 1 saturated heterocycles. The topological polar surface area (TPSA) is 65.1 Å². The predicted molar refractivity (Wildman–Crippen MR) is 94.6 cm³/mol. The highest BCUT2D eigenvalue weighted by Crippen LogP contribution is 2.40. The summed E-state index contributed by atoms with van der Waals surface area (Å²) in [5.41, 5.74) is 0.251. The van der Waals surface area contributed by atoms with E-state index in [1.165, 1.54) is 37.8 Å². The number of benzene rings is 1. The van der Waals surface area contributed by atoms with Gasteiger partial charge in [0.2, 0.25) is 6.79 Å². The Bertz CT molecular complexity index is 720. The Balaban J connectivity index is 1.38. The second-order valence-electron chi connectivity index (χ2n) is 7.11. The first-order chi connectivity index (χ1) is 12.6. The lowest BCUT2D eigenvalue weighted by atomic mass is 9.78. The van der Waals surface area contributed by atoms with Crippen LogP contribution >= 0.6 is 11.6 Å². The number of esters is 1. The first-order valence-corrected chi connectivity index (χ1v) is 9.57. The number of hydrogen-bond acceptors (Lipinski definition) is 5. The molecule has 0 aromatic heterocycles. The van der Waals surface area contributed by atoms with E-state index in [2.05, 4.69) is 0 Å². The summed E-state index contributed by atoms with van der Waals surface area (Å²) in [6, 6.07) is 3.31. The van der Waals surface area contributed by atoms with Crippen LogP contribution in [0.5, 0.6) is 11.5 Å². The summed E-state index contributed by atoms with van der Waals surface area (Å²) >= 11 is 6.09. The minimum absolute atomic E-state index is 0.0730. The number of rotatable bonds is 3. The Hall–Kier alpha value is -1.95. The molecule has 0 spiro atoms. The fourth-order valence-electron chi connectivity index (χ4n) is 4.31. The van der Waals surface area contributed by atoms with Gasteiger partial charge in [-0.3, -0.25) is 4.79 Å². The quantitative estimate of drug-likeness (QED) is 0.753. The van der Waals surface area contributed by atoms with Crippen molar-refractivity contribution < 1.29 is 23.8 Å². The third-order valence-electron chi connectivity index (χ3n) is 5.55. The van der Waals surface area contributed by atoms with E-state index in [1.54, 1.807) is 0 Å². The number of piperidine rings is 1. The molecule has 3 aliphatic rings. The van der Waals surface area contributed by atoms with Crippen LogP contribution in [0, 0.1) is 5.92 Å². The molecule has 4 rings (SSSR count). The third-order valence-corrected chi connectivity index (χ3v) is 5.83. The van der Waals surface area contributed by atoms with E-state index in [1.807, 2.05) is 4.90 Å². The van der Waals surface area contributed by atoms with Crippen LogP contribution < -0.4 is 9.47 Å². The zero-order chi connectivity index (χ0) is 18.1. The molecule has 7 heteroatoms. The summed E-state index contributed by atoms with van der Waals surface area (Å²) in [5, 5.41) is 0.291. The average molecular weight is 380 g/mol. The van der Waals surface area contributed by atoms with Crippen LogP contribution in [-0.4, -0.2) is 42.8 Å². The summed E-state index contributed by atoms with van der Waals surface area (Å²) in [6.07, 6.45) is 6.90. The molecule has 6 nitrogen and oxygen atoms in total. The van der Waals surface area contributed by atoms with Crippen molar-refractivity contribution in [2.24, 2.45) is 5.92 Å². The largest absolute Gasteiger partial charge is 0.454 e. The number of hydrogen-bond donors (Lipinski definition) is 0. The monoisotopic (exact) mass is 379 g/mol. The fraction of sp³-hybridized carbons (Fsp3) is 0.579. The highest BCUT2D eigenvalue weighted by atomic mass is 35.5. The zero-order valence-corrected chi connectivity index (χ0v) is 15.3. The molecule has 1 aromatic rings. The van der Waals surface area contributed by atoms with E-state index >= 15 is 0 Å². The van der Waals surface area contributed by atoms with Gasteiger partial charge in [-0.25, -0.2) is 4.79 Å². The maximum Gasteiger partial charge on any atom is 0.338 e. The minimum Gasteiger partial charge on any atom is -0.454 e. The summed E-state index contributed by atoms with van der Waals surface area (Å²) in [6.45, 7) is 0.588. The van der Waals surface area contributed by atoms with Gasteiger partial charge in [-0.05, 0) is 43.7 Å². The van der Waals surface area contributed by atoms with Crippen LogP contribution in [0.2, 0.25) is 5.02 Å². The van der Waals surface area contributed by atoms with Crippen LogP contribution in [0.25, 0.3) is 0 Å². The van der Waals surface area contributed by atoms with Crippen molar-refractivity contribution in [3.8, 4) is 11.5 Å². The normalized spacial score (nSPS) is 24.1. The lowest BCUT2D eigenvalue weighted by molar-refractivity contribution is -0.140. The lowest BCUT2D eigenvalue weighted by Gasteiger charge is -2.44. The Morgan fingerprint density at radius 1 is 1.15 bits per heavy atom. The van der Waals surface area contributed by atoms with Crippen molar-refractivity contribution in [3.63, 3.8) is 0 Å². The van der Waals surface area contributed by atoms with Gasteiger partial charge < -0.3 is 19.1 Å². The van der Waals surface area contributed by atoms with E-state index in [-0.39, 0.29) is 24.9 Å². The molecule has 26 heavy (non-hydrogen) atoms. The van der Waals surface area contributed by atoms with Gasteiger partial charge in [0.25, 0.3) is 5.91 Å². The molecule has 1 amide bonds. The van der Waals surface area contributed by atoms with Gasteiger partial charge in [-0.1, -0.05) is 24.4 Å². The van der Waals surface area contributed by atoms with Gasteiger partial charge in [0.15, 0.2) is 18.1 Å². The number of halogens is 1. The van der Waals surface area contributed by atoms with Crippen LogP contribution in [0.3, 0.4) is 0 Å². The van der Waals surface area contributed by atoms with Gasteiger partial charge in [0, 0.05) is 12.6 Å². The number of ether oxygens (including phenoxy) is 3. The third kappa shape index (κ3) is 3.34. The first kappa shape index (κ1) is 17.5. The molecule has 1 aromatic carbocycles. The molecule has 1 aliphatic carbocycles. The average Bonchev–Trinajstić information content (AvgIpc) is 3.14. The highest BCUT2D eigenvalue weighted by molar-refractivity contribution is 6.32. The smallest absolute Gasteiger partial charge is 0.338 e. The van der Waals surface area contributed by atoms with E-state index < -0.39 is 5.97 Å². The molecular weight excluding hydrogens is 358 g/mol. The Kier molecular flexibility index (Phi) is 4.94. The molecule has 0 bridgehead atoms. The second kappa shape index (κ2) is 7.35. The van der Waals surface area contributed by atoms with Crippen LogP contribution in [0.4, 0.5) is 0 Å². The molecule has 0 radical (unpaired) electrons. The first-order valence-electron chi connectivity index (χ1n) is 9.19. The van der Waals surface area contributed by atoms with Crippen molar-refractivity contribution in [1.29, 1.82) is 0 Å². The highest BCUT2D eigenvalue weighted by Gasteiger charge is 2.35. The van der Waals surface area contributed by atoms with Gasteiger partial charge in [0.05, 0.1) is 10.6 Å². The number of likely N-dealkylation sites (tertiary alicyclic amines) is 1. The number of fused-ring (bicyclic) bond motifs is 2. The lowest BCUT2D eigenvalue weighted by Crippen LogP contribution is -2.50. The SMILES string of the molecule is O=C(OCC(=O)N1CCC[C@H]2CCCC[C@H]21)c1cc(Cl)c2c(c1)OCO2. The van der Waals surface area contributed by atoms with Crippen LogP contribution in [-0.2, 0) is 9.53 Å². The van der Waals surface area contributed by atoms with E-state index in [0.29, 0.717) is 28.5 Å². The molecule has 2 heterocycles. The summed E-state index contributed by atoms with van der Waals surface area (Å²) < 4.78 is 15.7. The molecule has 0 N–H and O–H groups in total. The number of carbonyl (C=O) groups is 2. The van der Waals surface area contributed by atoms with Crippen molar-refractivity contribution in [3.05, 3.63) is 22.7 Å².